The van der Waals surface area contributed by atoms with Crippen molar-refractivity contribution in [1.82, 2.24) is 0 Å². The Labute approximate surface area is 441 Å². The lowest BCUT2D eigenvalue weighted by Gasteiger charge is -2.18. The van der Waals surface area contributed by atoms with Crippen molar-refractivity contribution in [2.24, 2.45) is 0 Å². The molecule has 0 N–H and O–H groups in total. The van der Waals surface area contributed by atoms with E-state index < -0.39 is 6.10 Å². The minimum Gasteiger partial charge on any atom is -0.462 e. The molecule has 0 saturated heterocycles. The smallest absolute Gasteiger partial charge is 0.306 e. The lowest BCUT2D eigenvalue weighted by molar-refractivity contribution is -0.162. The average molecular weight is 986 g/mol. The molecule has 0 amide bonds. The third-order valence-electron chi connectivity index (χ3n) is 10.6. The molecule has 398 valence electrons. The van der Waals surface area contributed by atoms with Crippen LogP contribution >= 0.6 is 0 Å². The predicted octanol–water partition coefficient (Wildman–Crippen LogP) is 19.6. The maximum atomic E-state index is 12.8. The summed E-state index contributed by atoms with van der Waals surface area (Å²) in [6, 6.07) is 0. The number of hydrogen-bond donors (Lipinski definition) is 0. The molecule has 0 aliphatic heterocycles. The van der Waals surface area contributed by atoms with Gasteiger partial charge in [-0.1, -0.05) is 228 Å². The third-order valence-corrected chi connectivity index (χ3v) is 10.6. The standard InChI is InChI=1S/C67H100O5/c1-4-7-10-13-16-19-22-25-28-31-33-35-38-41-44-47-50-53-56-59-62-70-63-65(72-67(69)61-58-55-52-49-46-43-40-36-30-27-24-21-18-15-12-9-6-3)64-71-66(68)60-57-54-51-48-45-42-39-37-34-32-29-26-23-20-17-14-11-8-5-2/h7-12,16-21,25-30,33-35,37,40-45,49,51-52,54,65H,4-6,13-15,22-24,31-32,36,38-39,46-48,50,53,55-64H2,1-3H3/b10-7-,11-8-,12-9-,19-16-,20-17-,21-18-,28-25-,29-26-,30-27-,35-33-,37-34-,43-40-,44-41-,45-42-,52-49-,54-51-. The maximum Gasteiger partial charge on any atom is 0.306 e. The Hall–Kier alpha value is -5.26. The molecule has 0 aliphatic carbocycles. The normalized spacial score (nSPS) is 13.8. The molecule has 5 nitrogen and oxygen atoms in total. The summed E-state index contributed by atoms with van der Waals surface area (Å²) in [6.45, 7) is 7.25. The maximum absolute atomic E-state index is 12.8. The summed E-state index contributed by atoms with van der Waals surface area (Å²) >= 11 is 0. The largest absolute Gasteiger partial charge is 0.462 e. The van der Waals surface area contributed by atoms with Gasteiger partial charge in [0, 0.05) is 19.4 Å². The summed E-state index contributed by atoms with van der Waals surface area (Å²) in [4.78, 5) is 25.5. The molecule has 5 heteroatoms. The van der Waals surface area contributed by atoms with Crippen molar-refractivity contribution in [3.8, 4) is 0 Å². The van der Waals surface area contributed by atoms with Gasteiger partial charge < -0.3 is 14.2 Å². The number of rotatable bonds is 48. The molecule has 0 spiro atoms. The van der Waals surface area contributed by atoms with Crippen LogP contribution < -0.4 is 0 Å². The van der Waals surface area contributed by atoms with Gasteiger partial charge in [0.1, 0.15) is 6.61 Å². The second-order valence-corrected chi connectivity index (χ2v) is 17.3. The van der Waals surface area contributed by atoms with Gasteiger partial charge in [-0.05, 0) is 141 Å². The van der Waals surface area contributed by atoms with Crippen molar-refractivity contribution in [1.29, 1.82) is 0 Å². The number of esters is 2. The number of carbonyl (C=O) groups excluding carboxylic acids is 2. The number of hydrogen-bond acceptors (Lipinski definition) is 5. The van der Waals surface area contributed by atoms with Crippen LogP contribution in [0.15, 0.2) is 194 Å². The first-order valence-electron chi connectivity index (χ1n) is 28.0. The van der Waals surface area contributed by atoms with Gasteiger partial charge in [-0.25, -0.2) is 0 Å². The number of unbranched alkanes of at least 4 members (excludes halogenated alkanes) is 5. The fourth-order valence-electron chi connectivity index (χ4n) is 6.60. The second-order valence-electron chi connectivity index (χ2n) is 17.3. The van der Waals surface area contributed by atoms with Crippen LogP contribution in [-0.4, -0.2) is 37.9 Å². The SMILES string of the molecule is CC/C=C\C/C=C\C/C=C\C/C=C\C/C=C\C/C=C\CCC(=O)OCC(COCCCCCC/C=C\C/C=C\C/C=C\C/C=C\C/C=C\CC)OC(=O)CCC/C=C\C/C=C\C/C=C\C/C=C\C/C=C\CC. The summed E-state index contributed by atoms with van der Waals surface area (Å²) in [5.74, 6) is -0.596. The Kier molecular flexibility index (Phi) is 55.7. The Morgan fingerprint density at radius 2 is 0.611 bits per heavy atom. The van der Waals surface area contributed by atoms with Crippen molar-refractivity contribution < 1.29 is 23.8 Å². The number of allylic oxidation sites excluding steroid dienone is 32. The van der Waals surface area contributed by atoms with Crippen molar-refractivity contribution in [3.05, 3.63) is 194 Å². The highest BCUT2D eigenvalue weighted by molar-refractivity contribution is 5.70. The molecule has 0 aromatic heterocycles. The Morgan fingerprint density at radius 3 is 0.972 bits per heavy atom. The van der Waals surface area contributed by atoms with E-state index in [9.17, 15) is 9.59 Å². The zero-order valence-corrected chi connectivity index (χ0v) is 45.6. The first-order chi connectivity index (χ1) is 35.6. The van der Waals surface area contributed by atoms with Crippen molar-refractivity contribution >= 4 is 11.9 Å². The Bertz CT molecular complexity index is 1730. The minimum atomic E-state index is -0.628. The molecule has 1 unspecified atom stereocenters. The number of ether oxygens (including phenoxy) is 3. The van der Waals surface area contributed by atoms with E-state index in [4.69, 9.17) is 14.2 Å². The molecule has 0 rings (SSSR count). The Morgan fingerprint density at radius 1 is 0.306 bits per heavy atom. The van der Waals surface area contributed by atoms with Crippen LogP contribution in [0, 0.1) is 0 Å². The summed E-state index contributed by atoms with van der Waals surface area (Å²) in [7, 11) is 0. The van der Waals surface area contributed by atoms with Gasteiger partial charge >= 0.3 is 11.9 Å². The molecule has 0 aliphatic rings. The van der Waals surface area contributed by atoms with E-state index in [0.717, 1.165) is 141 Å². The molecular weight excluding hydrogens is 885 g/mol. The van der Waals surface area contributed by atoms with E-state index in [2.05, 4.69) is 209 Å². The van der Waals surface area contributed by atoms with Crippen molar-refractivity contribution in [3.63, 3.8) is 0 Å². The van der Waals surface area contributed by atoms with E-state index >= 15 is 0 Å². The van der Waals surface area contributed by atoms with Crippen LogP contribution in [0.2, 0.25) is 0 Å². The fourth-order valence-corrected chi connectivity index (χ4v) is 6.60. The second kappa shape index (κ2) is 60.0. The van der Waals surface area contributed by atoms with Gasteiger partial charge in [-0.2, -0.15) is 0 Å². The van der Waals surface area contributed by atoms with Crippen molar-refractivity contribution in [2.45, 2.75) is 194 Å². The van der Waals surface area contributed by atoms with Crippen LogP contribution in [0.4, 0.5) is 0 Å². The van der Waals surface area contributed by atoms with Crippen LogP contribution in [0.5, 0.6) is 0 Å². The highest BCUT2D eigenvalue weighted by Crippen LogP contribution is 2.09. The summed E-state index contributed by atoms with van der Waals surface area (Å²) < 4.78 is 17.3. The first kappa shape index (κ1) is 66.7. The number of carbonyl (C=O) groups is 2. The lowest BCUT2D eigenvalue weighted by atomic mass is 10.1. The monoisotopic (exact) mass is 985 g/mol. The predicted molar refractivity (Wildman–Crippen MR) is 315 cm³/mol. The molecule has 0 heterocycles. The molecule has 0 bridgehead atoms. The van der Waals surface area contributed by atoms with Crippen LogP contribution in [0.25, 0.3) is 0 Å². The van der Waals surface area contributed by atoms with E-state index in [-0.39, 0.29) is 31.6 Å². The van der Waals surface area contributed by atoms with Crippen LogP contribution in [-0.2, 0) is 23.8 Å². The van der Waals surface area contributed by atoms with Gasteiger partial charge in [0.15, 0.2) is 6.10 Å². The van der Waals surface area contributed by atoms with Crippen LogP contribution in [0.3, 0.4) is 0 Å². The van der Waals surface area contributed by atoms with Gasteiger partial charge in [0.2, 0.25) is 0 Å². The fraction of sp³-hybridized carbons (Fsp3) is 0.493. The zero-order valence-electron chi connectivity index (χ0n) is 45.6. The van der Waals surface area contributed by atoms with E-state index in [0.29, 0.717) is 25.9 Å². The van der Waals surface area contributed by atoms with Gasteiger partial charge in [0.05, 0.1) is 6.61 Å². The van der Waals surface area contributed by atoms with Crippen LogP contribution in [0.1, 0.15) is 188 Å². The van der Waals surface area contributed by atoms with E-state index in [1.165, 1.54) is 0 Å². The highest BCUT2D eigenvalue weighted by atomic mass is 16.6. The van der Waals surface area contributed by atoms with Crippen molar-refractivity contribution in [2.75, 3.05) is 19.8 Å². The molecule has 0 fully saturated rings. The summed E-state index contributed by atoms with van der Waals surface area (Å²) in [5, 5.41) is 0. The summed E-state index contributed by atoms with van der Waals surface area (Å²) in [6.07, 6.45) is 93.2. The van der Waals surface area contributed by atoms with Gasteiger partial charge in [-0.3, -0.25) is 9.59 Å². The quantitative estimate of drug-likeness (QED) is 0.0345. The first-order valence-corrected chi connectivity index (χ1v) is 28.0. The van der Waals surface area contributed by atoms with Gasteiger partial charge in [0.25, 0.3) is 0 Å². The van der Waals surface area contributed by atoms with Gasteiger partial charge in [-0.15, -0.1) is 0 Å². The Balaban J connectivity index is 4.59. The lowest BCUT2D eigenvalue weighted by Crippen LogP contribution is -2.30. The topological polar surface area (TPSA) is 61.8 Å². The third kappa shape index (κ3) is 57.3. The molecule has 0 radical (unpaired) electrons. The average Bonchev–Trinajstić information content (AvgIpc) is 3.38. The molecule has 0 saturated carbocycles. The molecule has 72 heavy (non-hydrogen) atoms. The molecular formula is C67H100O5. The molecule has 0 aromatic carbocycles. The summed E-state index contributed by atoms with van der Waals surface area (Å²) in [5.41, 5.74) is 0. The molecule has 1 atom stereocenters. The molecule has 0 aromatic rings. The van der Waals surface area contributed by atoms with E-state index in [1.54, 1.807) is 0 Å². The minimum absolute atomic E-state index is 0.00363. The zero-order chi connectivity index (χ0) is 52.0. The highest BCUT2D eigenvalue weighted by Gasteiger charge is 2.17. The van der Waals surface area contributed by atoms with E-state index in [1.807, 2.05) is 6.08 Å².